The predicted octanol–water partition coefficient (Wildman–Crippen LogP) is 0.960. The first-order valence-electron chi connectivity index (χ1n) is 3.13. The highest BCUT2D eigenvalue weighted by Gasteiger charge is 2.33. The molecule has 0 heterocycles. The Bertz CT molecular complexity index is 76.2. The van der Waals surface area contributed by atoms with Crippen molar-refractivity contribution in [1.29, 1.82) is 0 Å². The molecule has 42 valence electrons. The maximum absolute atomic E-state index is 2.41. The van der Waals surface area contributed by atoms with Crippen LogP contribution in [0.4, 0.5) is 0 Å². The molecule has 0 amide bonds. The molecule has 0 saturated heterocycles. The van der Waals surface area contributed by atoms with Crippen molar-refractivity contribution in [2.45, 2.75) is 31.7 Å². The first kappa shape index (κ1) is 5.36. The largest absolute Gasteiger partial charge is 0.0627 e. The Labute approximate surface area is 48.7 Å². The lowest BCUT2D eigenvalue weighted by molar-refractivity contribution is 0.240. The molecule has 0 aromatic carbocycles. The summed E-state index contributed by atoms with van der Waals surface area (Å²) in [6.45, 7) is 4.78. The van der Waals surface area contributed by atoms with Gasteiger partial charge >= 0.3 is 0 Å². The molecule has 0 bridgehead atoms. The average molecular weight is 114 g/mol. The van der Waals surface area contributed by atoms with Gasteiger partial charge in [-0.05, 0) is 11.0 Å². The Morgan fingerprint density at radius 2 is 2.14 bits per heavy atom. The molecule has 1 fully saturated rings. The van der Waals surface area contributed by atoms with Crippen molar-refractivity contribution in [3.8, 4) is 0 Å². The Morgan fingerprint density at radius 3 is 2.14 bits per heavy atom. The molecule has 1 heteroatoms. The fraction of sp³-hybridized carbons (Fsp3) is 1.00. The van der Waals surface area contributed by atoms with Gasteiger partial charge in [0.25, 0.3) is 0 Å². The maximum atomic E-state index is 2.41. The van der Waals surface area contributed by atoms with E-state index in [4.69, 9.17) is 0 Å². The smallest absolute Gasteiger partial charge is 0.0106 e. The van der Waals surface area contributed by atoms with E-state index in [1.54, 1.807) is 0 Å². The van der Waals surface area contributed by atoms with Crippen LogP contribution < -0.4 is 0 Å². The summed E-state index contributed by atoms with van der Waals surface area (Å²) in [5.41, 5.74) is 0. The molecule has 1 aliphatic carbocycles. The van der Waals surface area contributed by atoms with Crippen molar-refractivity contribution < 1.29 is 0 Å². The molecular weight excluding hydrogens is 100 g/mol. The first-order chi connectivity index (χ1) is 3.13. The molecule has 2 unspecified atom stereocenters. The van der Waals surface area contributed by atoms with Gasteiger partial charge in [0.1, 0.15) is 0 Å². The van der Waals surface area contributed by atoms with Crippen LogP contribution in [0.3, 0.4) is 0 Å². The third kappa shape index (κ3) is 0.741. The normalized spacial score (nSPS) is 51.4. The highest BCUT2D eigenvalue weighted by molar-refractivity contribution is 6.15. The summed E-state index contributed by atoms with van der Waals surface area (Å²) in [6, 6.07) is 0. The fourth-order valence-electron chi connectivity index (χ4n) is 1.01. The Balaban J connectivity index is 2.43. The van der Waals surface area contributed by atoms with E-state index in [-0.39, 0.29) is 0 Å². The number of rotatable bonds is 0. The van der Waals surface area contributed by atoms with Crippen molar-refractivity contribution in [2.75, 3.05) is 0 Å². The third-order valence-corrected chi connectivity index (χ3v) is 4.04. The average Bonchev–Trinajstić information content (AvgIpc) is 1.63. The molecule has 0 N–H and O–H groups in total. The van der Waals surface area contributed by atoms with Gasteiger partial charge in [-0.1, -0.05) is 26.7 Å². The second-order valence-corrected chi connectivity index (χ2v) is 5.71. The summed E-state index contributed by atoms with van der Waals surface area (Å²) in [6.07, 6.45) is 2.99. The van der Waals surface area contributed by atoms with E-state index < -0.39 is 0 Å². The van der Waals surface area contributed by atoms with Gasteiger partial charge in [-0.2, -0.15) is 0 Å². The first-order valence-corrected chi connectivity index (χ1v) is 4.13. The Hall–Kier alpha value is 0.217. The molecular formula is C6H14Si. The van der Waals surface area contributed by atoms with Gasteiger partial charge in [0.2, 0.25) is 0 Å². The molecule has 0 spiro atoms. The van der Waals surface area contributed by atoms with E-state index >= 15 is 0 Å². The minimum atomic E-state index is 0.819. The molecule has 2 atom stereocenters. The Kier molecular flexibility index (Phi) is 1.03. The number of hydrogen-bond acceptors (Lipinski definition) is 0. The minimum Gasteiger partial charge on any atom is -0.0627 e. The van der Waals surface area contributed by atoms with Gasteiger partial charge in [0, 0.05) is 10.2 Å². The topological polar surface area (TPSA) is 0 Å². The molecule has 0 nitrogen and oxygen atoms in total. The lowest BCUT2D eigenvalue weighted by Crippen LogP contribution is -2.28. The van der Waals surface area contributed by atoms with Crippen molar-refractivity contribution in [2.24, 2.45) is 5.92 Å². The van der Waals surface area contributed by atoms with Crippen LogP contribution in [-0.4, -0.2) is 10.2 Å². The lowest BCUT2D eigenvalue weighted by atomic mass is 9.75. The van der Waals surface area contributed by atoms with E-state index in [1.807, 2.05) is 0 Å². The van der Waals surface area contributed by atoms with Crippen LogP contribution in [0.15, 0.2) is 0 Å². The summed E-state index contributed by atoms with van der Waals surface area (Å²) in [4.78, 5) is 0. The van der Waals surface area contributed by atoms with E-state index in [0.29, 0.717) is 0 Å². The predicted molar refractivity (Wildman–Crippen MR) is 36.7 cm³/mol. The quantitative estimate of drug-likeness (QED) is 0.411. The van der Waals surface area contributed by atoms with E-state index in [9.17, 15) is 0 Å². The third-order valence-electron chi connectivity index (χ3n) is 2.56. The van der Waals surface area contributed by atoms with Crippen molar-refractivity contribution in [3.05, 3.63) is 0 Å². The molecule has 1 aliphatic rings. The SMILES string of the molecule is CC1CCC1(C)[SiH3]. The van der Waals surface area contributed by atoms with Gasteiger partial charge < -0.3 is 0 Å². The van der Waals surface area contributed by atoms with Gasteiger partial charge in [0.15, 0.2) is 0 Å². The zero-order chi connectivity index (χ0) is 5.49. The van der Waals surface area contributed by atoms with Gasteiger partial charge in [-0.25, -0.2) is 0 Å². The van der Waals surface area contributed by atoms with E-state index in [1.165, 1.54) is 23.1 Å². The van der Waals surface area contributed by atoms with Crippen LogP contribution in [0.25, 0.3) is 0 Å². The second-order valence-electron chi connectivity index (χ2n) is 3.43. The van der Waals surface area contributed by atoms with Crippen LogP contribution in [0.5, 0.6) is 0 Å². The number of hydrogen-bond donors (Lipinski definition) is 0. The van der Waals surface area contributed by atoms with Crippen LogP contribution in [0, 0.1) is 5.92 Å². The zero-order valence-corrected chi connectivity index (χ0v) is 7.49. The second kappa shape index (κ2) is 1.34. The van der Waals surface area contributed by atoms with Crippen molar-refractivity contribution in [3.63, 3.8) is 0 Å². The molecule has 0 aromatic heterocycles. The van der Waals surface area contributed by atoms with Gasteiger partial charge in [0.05, 0.1) is 0 Å². The van der Waals surface area contributed by atoms with Crippen LogP contribution >= 0.6 is 0 Å². The van der Waals surface area contributed by atoms with Gasteiger partial charge in [-0.15, -0.1) is 0 Å². The minimum absolute atomic E-state index is 0.819. The zero-order valence-electron chi connectivity index (χ0n) is 5.49. The summed E-state index contributed by atoms with van der Waals surface area (Å²) in [5, 5.41) is 0.819. The van der Waals surface area contributed by atoms with Crippen LogP contribution in [0.1, 0.15) is 26.7 Å². The standard InChI is InChI=1S/C6H14Si/c1-5-3-4-6(5,2)7/h5H,3-4H2,1-2,7H3. The van der Waals surface area contributed by atoms with Crippen LogP contribution in [-0.2, 0) is 0 Å². The summed E-state index contributed by atoms with van der Waals surface area (Å²) in [5.74, 6) is 1.04. The maximum Gasteiger partial charge on any atom is 0.0106 e. The molecule has 0 aromatic rings. The summed E-state index contributed by atoms with van der Waals surface area (Å²) < 4.78 is 0. The lowest BCUT2D eigenvalue weighted by Gasteiger charge is -2.42. The fourth-order valence-corrected chi connectivity index (χ4v) is 1.59. The molecule has 1 rings (SSSR count). The highest BCUT2D eigenvalue weighted by atomic mass is 28.1. The van der Waals surface area contributed by atoms with E-state index in [0.717, 1.165) is 11.0 Å². The monoisotopic (exact) mass is 114 g/mol. The van der Waals surface area contributed by atoms with Gasteiger partial charge in [-0.3, -0.25) is 0 Å². The molecule has 0 aliphatic heterocycles. The molecule has 0 radical (unpaired) electrons. The summed E-state index contributed by atoms with van der Waals surface area (Å²) >= 11 is 0. The highest BCUT2D eigenvalue weighted by Crippen LogP contribution is 2.49. The molecule has 7 heavy (non-hydrogen) atoms. The molecule has 1 saturated carbocycles. The summed E-state index contributed by atoms with van der Waals surface area (Å²) in [7, 11) is 1.40. The van der Waals surface area contributed by atoms with Crippen LogP contribution in [0.2, 0.25) is 5.04 Å². The van der Waals surface area contributed by atoms with Crippen molar-refractivity contribution >= 4 is 10.2 Å². The van der Waals surface area contributed by atoms with E-state index in [2.05, 4.69) is 13.8 Å². The Morgan fingerprint density at radius 1 is 1.71 bits per heavy atom. The van der Waals surface area contributed by atoms with Crippen molar-refractivity contribution in [1.82, 2.24) is 0 Å².